The SMILES string of the molecule is C=CCC1C(=O)Nc2ccccc21. The van der Waals surface area contributed by atoms with Gasteiger partial charge in [-0.25, -0.2) is 0 Å². The van der Waals surface area contributed by atoms with Gasteiger partial charge in [-0.05, 0) is 18.1 Å². The fourth-order valence-electron chi connectivity index (χ4n) is 1.68. The Labute approximate surface area is 77.3 Å². The molecular formula is C11H11NO. The number of hydrogen-bond acceptors (Lipinski definition) is 1. The van der Waals surface area contributed by atoms with Gasteiger partial charge in [-0.1, -0.05) is 24.3 Å². The first-order valence-electron chi connectivity index (χ1n) is 4.33. The Hall–Kier alpha value is -1.57. The Morgan fingerprint density at radius 1 is 1.46 bits per heavy atom. The molecule has 1 amide bonds. The monoisotopic (exact) mass is 173 g/mol. The molecule has 13 heavy (non-hydrogen) atoms. The molecular weight excluding hydrogens is 162 g/mol. The Morgan fingerprint density at radius 3 is 3.00 bits per heavy atom. The number of anilines is 1. The predicted octanol–water partition coefficient (Wildman–Crippen LogP) is 2.30. The van der Waals surface area contributed by atoms with Crippen molar-refractivity contribution in [1.82, 2.24) is 0 Å². The smallest absolute Gasteiger partial charge is 0.232 e. The second kappa shape index (κ2) is 3.05. The van der Waals surface area contributed by atoms with Gasteiger partial charge < -0.3 is 5.32 Å². The number of rotatable bonds is 2. The van der Waals surface area contributed by atoms with Crippen molar-refractivity contribution in [2.24, 2.45) is 0 Å². The molecule has 2 heteroatoms. The van der Waals surface area contributed by atoms with Gasteiger partial charge in [0, 0.05) is 5.69 Å². The van der Waals surface area contributed by atoms with E-state index >= 15 is 0 Å². The zero-order valence-corrected chi connectivity index (χ0v) is 7.29. The molecule has 2 nitrogen and oxygen atoms in total. The van der Waals surface area contributed by atoms with E-state index in [-0.39, 0.29) is 11.8 Å². The summed E-state index contributed by atoms with van der Waals surface area (Å²) in [4.78, 5) is 11.5. The second-order valence-electron chi connectivity index (χ2n) is 3.15. The molecule has 66 valence electrons. The third kappa shape index (κ3) is 1.24. The standard InChI is InChI=1S/C11H11NO/c1-2-5-9-8-6-3-4-7-10(8)12-11(9)13/h2-4,6-7,9H,1,5H2,(H,12,13). The van der Waals surface area contributed by atoms with Gasteiger partial charge in [0.05, 0.1) is 5.92 Å². The van der Waals surface area contributed by atoms with Crippen LogP contribution in [0.3, 0.4) is 0 Å². The molecule has 1 aliphatic heterocycles. The molecule has 0 aliphatic carbocycles. The first-order valence-corrected chi connectivity index (χ1v) is 4.33. The van der Waals surface area contributed by atoms with Gasteiger partial charge in [-0.3, -0.25) is 4.79 Å². The highest BCUT2D eigenvalue weighted by Crippen LogP contribution is 2.34. The third-order valence-corrected chi connectivity index (χ3v) is 2.31. The molecule has 1 aromatic carbocycles. The molecule has 0 spiro atoms. The van der Waals surface area contributed by atoms with Crippen LogP contribution in [0.15, 0.2) is 36.9 Å². The summed E-state index contributed by atoms with van der Waals surface area (Å²) in [5.74, 6) is 0.0507. The summed E-state index contributed by atoms with van der Waals surface area (Å²) in [6, 6.07) is 7.79. The lowest BCUT2D eigenvalue weighted by Crippen LogP contribution is -2.10. The summed E-state index contributed by atoms with van der Waals surface area (Å²) in [5.41, 5.74) is 2.03. The van der Waals surface area contributed by atoms with Crippen LogP contribution in [0.1, 0.15) is 17.9 Å². The van der Waals surface area contributed by atoms with Crippen LogP contribution in [0.25, 0.3) is 0 Å². The zero-order chi connectivity index (χ0) is 9.26. The first-order chi connectivity index (χ1) is 6.33. The van der Waals surface area contributed by atoms with Crippen LogP contribution in [-0.4, -0.2) is 5.91 Å². The highest BCUT2D eigenvalue weighted by molar-refractivity contribution is 6.02. The fourth-order valence-corrected chi connectivity index (χ4v) is 1.68. The van der Waals surface area contributed by atoms with E-state index < -0.39 is 0 Å². The molecule has 1 aliphatic rings. The van der Waals surface area contributed by atoms with Crippen molar-refractivity contribution >= 4 is 11.6 Å². The van der Waals surface area contributed by atoms with Crippen LogP contribution >= 0.6 is 0 Å². The third-order valence-electron chi connectivity index (χ3n) is 2.31. The van der Waals surface area contributed by atoms with Crippen molar-refractivity contribution in [1.29, 1.82) is 0 Å². The van der Waals surface area contributed by atoms with Crippen LogP contribution in [0.4, 0.5) is 5.69 Å². The minimum absolute atomic E-state index is 0.0336. The van der Waals surface area contributed by atoms with Gasteiger partial charge >= 0.3 is 0 Å². The number of carbonyl (C=O) groups excluding carboxylic acids is 1. The number of para-hydroxylation sites is 1. The molecule has 1 atom stereocenters. The minimum Gasteiger partial charge on any atom is -0.325 e. The molecule has 1 heterocycles. The fraction of sp³-hybridized carbons (Fsp3) is 0.182. The number of fused-ring (bicyclic) bond motifs is 1. The van der Waals surface area contributed by atoms with Crippen molar-refractivity contribution in [3.63, 3.8) is 0 Å². The second-order valence-corrected chi connectivity index (χ2v) is 3.15. The topological polar surface area (TPSA) is 29.1 Å². The van der Waals surface area contributed by atoms with E-state index in [0.29, 0.717) is 6.42 Å². The zero-order valence-electron chi connectivity index (χ0n) is 7.29. The molecule has 0 bridgehead atoms. The van der Waals surface area contributed by atoms with E-state index in [1.54, 1.807) is 6.08 Å². The molecule has 0 saturated heterocycles. The number of benzene rings is 1. The van der Waals surface area contributed by atoms with Crippen LogP contribution in [0.5, 0.6) is 0 Å². The van der Waals surface area contributed by atoms with Gasteiger partial charge in [0.1, 0.15) is 0 Å². The summed E-state index contributed by atoms with van der Waals surface area (Å²) in [7, 11) is 0. The Morgan fingerprint density at radius 2 is 2.23 bits per heavy atom. The van der Waals surface area contributed by atoms with Crippen molar-refractivity contribution < 1.29 is 4.79 Å². The predicted molar refractivity (Wildman–Crippen MR) is 52.6 cm³/mol. The van der Waals surface area contributed by atoms with Gasteiger partial charge in [0.25, 0.3) is 0 Å². The summed E-state index contributed by atoms with van der Waals surface area (Å²) in [5, 5.41) is 2.85. The Bertz CT molecular complexity index is 357. The summed E-state index contributed by atoms with van der Waals surface area (Å²) < 4.78 is 0. The molecule has 1 unspecified atom stereocenters. The van der Waals surface area contributed by atoms with E-state index in [0.717, 1.165) is 11.3 Å². The molecule has 0 saturated carbocycles. The number of carbonyl (C=O) groups is 1. The van der Waals surface area contributed by atoms with Crippen molar-refractivity contribution in [3.05, 3.63) is 42.5 Å². The largest absolute Gasteiger partial charge is 0.325 e. The molecule has 0 aromatic heterocycles. The number of allylic oxidation sites excluding steroid dienone is 1. The number of nitrogens with one attached hydrogen (secondary N) is 1. The van der Waals surface area contributed by atoms with E-state index in [1.807, 2.05) is 24.3 Å². The Kier molecular flexibility index (Phi) is 1.89. The van der Waals surface area contributed by atoms with Crippen LogP contribution in [0, 0.1) is 0 Å². The normalized spacial score (nSPS) is 19.4. The molecule has 0 radical (unpaired) electrons. The van der Waals surface area contributed by atoms with Crippen molar-refractivity contribution in [2.75, 3.05) is 5.32 Å². The lowest BCUT2D eigenvalue weighted by atomic mass is 9.98. The van der Waals surface area contributed by atoms with Gasteiger partial charge in [0.2, 0.25) is 5.91 Å². The Balaban J connectivity index is 2.40. The molecule has 0 fully saturated rings. The van der Waals surface area contributed by atoms with Crippen molar-refractivity contribution in [2.45, 2.75) is 12.3 Å². The van der Waals surface area contributed by atoms with Crippen LogP contribution in [0.2, 0.25) is 0 Å². The summed E-state index contributed by atoms with van der Waals surface area (Å²) in [6.45, 7) is 3.65. The van der Waals surface area contributed by atoms with Gasteiger partial charge in [-0.2, -0.15) is 0 Å². The van der Waals surface area contributed by atoms with Gasteiger partial charge in [0.15, 0.2) is 0 Å². The van der Waals surface area contributed by atoms with E-state index in [2.05, 4.69) is 11.9 Å². The van der Waals surface area contributed by atoms with Crippen LogP contribution in [-0.2, 0) is 4.79 Å². The van der Waals surface area contributed by atoms with Crippen LogP contribution < -0.4 is 5.32 Å². The van der Waals surface area contributed by atoms with Crippen molar-refractivity contribution in [3.8, 4) is 0 Å². The first kappa shape index (κ1) is 8.05. The molecule has 1 aromatic rings. The average molecular weight is 173 g/mol. The molecule has 1 N–H and O–H groups in total. The van der Waals surface area contributed by atoms with Gasteiger partial charge in [-0.15, -0.1) is 6.58 Å². The van der Waals surface area contributed by atoms with E-state index in [1.165, 1.54) is 0 Å². The summed E-state index contributed by atoms with van der Waals surface area (Å²) >= 11 is 0. The number of hydrogen-bond donors (Lipinski definition) is 1. The van der Waals surface area contributed by atoms with E-state index in [9.17, 15) is 4.79 Å². The maximum Gasteiger partial charge on any atom is 0.232 e. The molecule has 2 rings (SSSR count). The quantitative estimate of drug-likeness (QED) is 0.683. The number of amides is 1. The minimum atomic E-state index is -0.0336. The maximum atomic E-state index is 11.5. The van der Waals surface area contributed by atoms with E-state index in [4.69, 9.17) is 0 Å². The highest BCUT2D eigenvalue weighted by atomic mass is 16.2. The lowest BCUT2D eigenvalue weighted by Gasteiger charge is -2.03. The maximum absolute atomic E-state index is 11.5. The average Bonchev–Trinajstić information content (AvgIpc) is 2.44. The lowest BCUT2D eigenvalue weighted by molar-refractivity contribution is -0.116. The highest BCUT2D eigenvalue weighted by Gasteiger charge is 2.28. The summed E-state index contributed by atoms with van der Waals surface area (Å²) in [6.07, 6.45) is 2.50.